The molecule has 0 spiro atoms. The van der Waals surface area contributed by atoms with Crippen LogP contribution in [0.2, 0.25) is 0 Å². The van der Waals surface area contributed by atoms with Crippen molar-refractivity contribution in [1.29, 1.82) is 0 Å². The van der Waals surface area contributed by atoms with E-state index in [2.05, 4.69) is 5.32 Å². The van der Waals surface area contributed by atoms with Crippen molar-refractivity contribution in [2.75, 3.05) is 18.1 Å². The molecule has 0 saturated carbocycles. The van der Waals surface area contributed by atoms with Crippen molar-refractivity contribution in [3.63, 3.8) is 0 Å². The molecule has 0 radical (unpaired) electrons. The zero-order valence-corrected chi connectivity index (χ0v) is 19.1. The maximum atomic E-state index is 12.6. The monoisotopic (exact) mass is 508 g/mol. The predicted molar refractivity (Wildman–Crippen MR) is 117 cm³/mol. The molecule has 1 aromatic rings. The summed E-state index contributed by atoms with van der Waals surface area (Å²) in [7, 11) is 0. The van der Waals surface area contributed by atoms with Gasteiger partial charge in [-0.1, -0.05) is 53.0 Å². The summed E-state index contributed by atoms with van der Waals surface area (Å²) in [5.41, 5.74) is -0.0829. The number of β-lactam (4-membered cyclic amide) rings is 1. The minimum absolute atomic E-state index is 0.100. The molecule has 3 rings (SSSR count). The third-order valence-corrected chi connectivity index (χ3v) is 6.77. The summed E-state index contributed by atoms with van der Waals surface area (Å²) in [6, 6.07) is 8.57. The number of benzene rings is 1. The molecule has 2 aliphatic rings. The van der Waals surface area contributed by atoms with Crippen LogP contribution in [0.4, 0.5) is 0 Å². The number of halogens is 3. The third kappa shape index (κ3) is 5.45. The molecular weight excluding hydrogens is 495 g/mol. The average molecular weight is 510 g/mol. The molecule has 7 nitrogen and oxygen atoms in total. The zero-order valence-electron chi connectivity index (χ0n) is 15.2. The maximum absolute atomic E-state index is 12.6. The first-order chi connectivity index (χ1) is 14.2. The lowest BCUT2D eigenvalue weighted by atomic mass is 10.0. The van der Waals surface area contributed by atoms with E-state index in [1.807, 2.05) is 30.3 Å². The number of aldehydes is 1. The predicted octanol–water partition coefficient (Wildman–Crippen LogP) is 2.55. The van der Waals surface area contributed by atoms with Crippen LogP contribution >= 0.6 is 58.3 Å². The Morgan fingerprint density at radius 1 is 1.30 bits per heavy atom. The largest absolute Gasteiger partial charge is 0.456 e. The molecule has 2 amide bonds. The molecule has 1 N–H and O–H groups in total. The van der Waals surface area contributed by atoms with E-state index in [-0.39, 0.29) is 28.7 Å². The van der Waals surface area contributed by atoms with Gasteiger partial charge in [0.2, 0.25) is 9.70 Å². The number of carbonyl (C=O) groups excluding carboxylic acids is 4. The van der Waals surface area contributed by atoms with Crippen LogP contribution in [0.5, 0.6) is 0 Å². The maximum Gasteiger partial charge on any atom is 0.355 e. The van der Waals surface area contributed by atoms with Crippen molar-refractivity contribution in [3.05, 3.63) is 41.6 Å². The van der Waals surface area contributed by atoms with Crippen LogP contribution in [0.3, 0.4) is 0 Å². The molecule has 1 aromatic carbocycles. The number of esters is 1. The van der Waals surface area contributed by atoms with E-state index in [0.29, 0.717) is 6.29 Å². The van der Waals surface area contributed by atoms with Crippen molar-refractivity contribution in [1.82, 2.24) is 10.2 Å². The third-order valence-electron chi connectivity index (χ3n) is 4.13. The van der Waals surface area contributed by atoms with Crippen molar-refractivity contribution in [2.45, 2.75) is 20.1 Å². The van der Waals surface area contributed by atoms with Gasteiger partial charge in [-0.05, 0) is 12.1 Å². The number of nitrogens with zero attached hydrogens (tertiary/aromatic N) is 1. The molecule has 1 saturated heterocycles. The number of nitrogens with one attached hydrogen (secondary N) is 1. The van der Waals surface area contributed by atoms with Crippen molar-refractivity contribution >= 4 is 82.4 Å². The first-order valence-electron chi connectivity index (χ1n) is 8.55. The Balaban J connectivity index is 1.63. The lowest BCUT2D eigenvalue weighted by Crippen LogP contribution is -2.70. The quantitative estimate of drug-likeness (QED) is 0.198. The summed E-state index contributed by atoms with van der Waals surface area (Å²) in [5.74, 6) is -1.44. The molecule has 1 unspecified atom stereocenters. The molecule has 0 bridgehead atoms. The van der Waals surface area contributed by atoms with E-state index >= 15 is 0 Å². The van der Waals surface area contributed by atoms with Gasteiger partial charge in [0.15, 0.2) is 0 Å². The summed E-state index contributed by atoms with van der Waals surface area (Å²) >= 11 is 19.4. The average Bonchev–Trinajstić information content (AvgIpc) is 2.73. The summed E-state index contributed by atoms with van der Waals surface area (Å²) in [4.78, 5) is 50.8. The lowest BCUT2D eigenvalue weighted by molar-refractivity contribution is -0.152. The highest BCUT2D eigenvalue weighted by molar-refractivity contribution is 8.00. The van der Waals surface area contributed by atoms with Crippen LogP contribution < -0.4 is 5.32 Å². The van der Waals surface area contributed by atoms with Gasteiger partial charge in [-0.25, -0.2) is 4.79 Å². The van der Waals surface area contributed by atoms with Gasteiger partial charge in [-0.2, -0.15) is 0 Å². The Hall–Kier alpha value is -1.39. The van der Waals surface area contributed by atoms with E-state index in [9.17, 15) is 19.2 Å². The van der Waals surface area contributed by atoms with E-state index in [1.165, 1.54) is 23.5 Å². The van der Waals surface area contributed by atoms with Crippen LogP contribution in [-0.4, -0.2) is 62.3 Å². The normalized spacial score (nSPS) is 20.9. The Morgan fingerprint density at radius 3 is 2.63 bits per heavy atom. The number of fused-ring (bicyclic) bond motifs is 1. The van der Waals surface area contributed by atoms with Crippen molar-refractivity contribution in [2.24, 2.45) is 0 Å². The zero-order chi connectivity index (χ0) is 21.9. The number of hydrogen-bond acceptors (Lipinski definition) is 7. The van der Waals surface area contributed by atoms with Gasteiger partial charge < -0.3 is 10.1 Å². The Morgan fingerprint density at radius 2 is 2.00 bits per heavy atom. The number of hydrogen-bond donors (Lipinski definition) is 1. The smallest absolute Gasteiger partial charge is 0.355 e. The number of carbonyl (C=O) groups is 4. The van der Waals surface area contributed by atoms with E-state index in [0.717, 1.165) is 9.80 Å². The fourth-order valence-corrected chi connectivity index (χ4v) is 5.00. The molecule has 1 fully saturated rings. The van der Waals surface area contributed by atoms with Gasteiger partial charge in [0.05, 0.1) is 5.75 Å². The SMILES string of the molecule is O=CC1=C(C(=O)OCC(Cl)(Cl)Cl)N2C(=O)C(NC(=O)CSc3ccccc3)[C@H]2SC1. The van der Waals surface area contributed by atoms with E-state index in [1.54, 1.807) is 0 Å². The number of amides is 2. The summed E-state index contributed by atoms with van der Waals surface area (Å²) < 4.78 is 3.11. The Labute approximate surface area is 195 Å². The summed E-state index contributed by atoms with van der Waals surface area (Å²) in [6.45, 7) is -0.539. The molecule has 2 atom stereocenters. The number of thioether (sulfide) groups is 2. The van der Waals surface area contributed by atoms with Crippen LogP contribution in [0.25, 0.3) is 0 Å². The van der Waals surface area contributed by atoms with E-state index < -0.39 is 33.7 Å². The van der Waals surface area contributed by atoms with Crippen molar-refractivity contribution in [3.8, 4) is 0 Å². The molecule has 160 valence electrons. The minimum Gasteiger partial charge on any atom is -0.456 e. The standard InChI is InChI=1S/C18H15Cl3N2O5S2/c19-18(20,21)9-28-17(27)14-10(6-24)7-30-16-13(15(26)23(14)16)22-12(25)8-29-11-4-2-1-3-5-11/h1-6,13,16H,7-9H2,(H,22,25)/t13?,16-/m1/s1. The topological polar surface area (TPSA) is 92.8 Å². The molecule has 0 aliphatic carbocycles. The fraction of sp³-hybridized carbons (Fsp3) is 0.333. The van der Waals surface area contributed by atoms with Gasteiger partial charge in [-0.3, -0.25) is 19.3 Å². The molecular formula is C18H15Cl3N2O5S2. The van der Waals surface area contributed by atoms with Crippen LogP contribution in [0.1, 0.15) is 0 Å². The highest BCUT2D eigenvalue weighted by Gasteiger charge is 2.54. The first kappa shape index (κ1) is 23.3. The number of alkyl halides is 3. The van der Waals surface area contributed by atoms with Crippen LogP contribution in [-0.2, 0) is 23.9 Å². The van der Waals surface area contributed by atoms with Gasteiger partial charge in [0.25, 0.3) is 5.91 Å². The second-order valence-electron chi connectivity index (χ2n) is 6.24. The van der Waals surface area contributed by atoms with Gasteiger partial charge in [0, 0.05) is 16.2 Å². The Bertz CT molecular complexity index is 892. The molecule has 0 aromatic heterocycles. The molecule has 2 aliphatic heterocycles. The molecule has 12 heteroatoms. The number of rotatable bonds is 7. The van der Waals surface area contributed by atoms with Crippen molar-refractivity contribution < 1.29 is 23.9 Å². The van der Waals surface area contributed by atoms with Crippen LogP contribution in [0.15, 0.2) is 46.5 Å². The van der Waals surface area contributed by atoms with E-state index in [4.69, 9.17) is 39.5 Å². The second-order valence-corrected chi connectivity index (χ2v) is 10.9. The lowest BCUT2D eigenvalue weighted by Gasteiger charge is -2.49. The number of ether oxygens (including phenoxy) is 1. The Kier molecular flexibility index (Phi) is 7.62. The highest BCUT2D eigenvalue weighted by Crippen LogP contribution is 2.40. The van der Waals surface area contributed by atoms with Gasteiger partial charge in [-0.15, -0.1) is 23.5 Å². The molecule has 2 heterocycles. The summed E-state index contributed by atoms with van der Waals surface area (Å²) in [5, 5.41) is 2.16. The molecule has 30 heavy (non-hydrogen) atoms. The first-order valence-corrected chi connectivity index (χ1v) is 11.7. The summed E-state index contributed by atoms with van der Waals surface area (Å²) in [6.07, 6.45) is 0.491. The highest BCUT2D eigenvalue weighted by atomic mass is 35.6. The van der Waals surface area contributed by atoms with Crippen LogP contribution in [0, 0.1) is 0 Å². The second kappa shape index (κ2) is 9.82. The minimum atomic E-state index is -1.83. The van der Waals surface area contributed by atoms with Gasteiger partial charge >= 0.3 is 5.97 Å². The van der Waals surface area contributed by atoms with Gasteiger partial charge in [0.1, 0.15) is 30.0 Å². The fourth-order valence-electron chi connectivity index (χ4n) is 2.82.